The van der Waals surface area contributed by atoms with Crippen LogP contribution in [-0.2, 0) is 10.8 Å². The van der Waals surface area contributed by atoms with Crippen molar-refractivity contribution in [1.29, 1.82) is 0 Å². The van der Waals surface area contributed by atoms with Gasteiger partial charge in [0.15, 0.2) is 0 Å². The Labute approximate surface area is 355 Å². The fourth-order valence-electron chi connectivity index (χ4n) is 13.2. The molecule has 4 fully saturated rings. The lowest BCUT2D eigenvalue weighted by molar-refractivity contribution is -0.00518. The summed E-state index contributed by atoms with van der Waals surface area (Å²) < 4.78 is 0. The highest BCUT2D eigenvalue weighted by molar-refractivity contribution is 5.99. The van der Waals surface area contributed by atoms with Gasteiger partial charge in [0.05, 0.1) is 11.1 Å². The number of hydrogen-bond acceptors (Lipinski definition) is 1. The van der Waals surface area contributed by atoms with E-state index in [1.807, 2.05) is 0 Å². The van der Waals surface area contributed by atoms with Gasteiger partial charge in [0.25, 0.3) is 0 Å². The highest BCUT2D eigenvalue weighted by atomic mass is 15.1. The molecule has 60 heavy (non-hydrogen) atoms. The molecule has 1 heteroatoms. The van der Waals surface area contributed by atoms with Crippen LogP contribution in [0.3, 0.4) is 0 Å². The van der Waals surface area contributed by atoms with Crippen molar-refractivity contribution in [2.45, 2.75) is 63.2 Å². The minimum Gasteiger partial charge on any atom is -0.310 e. The molecule has 0 spiro atoms. The zero-order valence-corrected chi connectivity index (χ0v) is 34.7. The lowest BCUT2D eigenvalue weighted by atomic mass is 9.48. The molecule has 13 rings (SSSR count). The highest BCUT2D eigenvalue weighted by Gasteiger charge is 2.52. The monoisotopic (exact) mass is 773 g/mol. The lowest BCUT2D eigenvalue weighted by Crippen LogP contribution is -2.48. The summed E-state index contributed by atoms with van der Waals surface area (Å²) in [6.45, 7) is 4.53. The summed E-state index contributed by atoms with van der Waals surface area (Å²) in [5, 5.41) is 2.50. The predicted molar refractivity (Wildman–Crippen MR) is 251 cm³/mol. The van der Waals surface area contributed by atoms with Crippen molar-refractivity contribution in [3.05, 3.63) is 221 Å². The summed E-state index contributed by atoms with van der Waals surface area (Å²) >= 11 is 0. The third-order valence-electron chi connectivity index (χ3n) is 15.3. The van der Waals surface area contributed by atoms with Crippen LogP contribution < -0.4 is 4.90 Å². The highest BCUT2D eigenvalue weighted by Crippen LogP contribution is 2.62. The number of aryl methyl sites for hydroxylation is 2. The first kappa shape index (κ1) is 35.7. The summed E-state index contributed by atoms with van der Waals surface area (Å²) in [7, 11) is 0. The maximum Gasteiger partial charge on any atom is 0.0714 e. The van der Waals surface area contributed by atoms with E-state index in [-0.39, 0.29) is 0 Å². The smallest absolute Gasteiger partial charge is 0.0714 e. The average molecular weight is 774 g/mol. The van der Waals surface area contributed by atoms with Crippen LogP contribution in [0.2, 0.25) is 0 Å². The molecule has 5 aliphatic rings. The van der Waals surface area contributed by atoms with Gasteiger partial charge in [-0.05, 0) is 178 Å². The van der Waals surface area contributed by atoms with Crippen molar-refractivity contribution >= 4 is 27.8 Å². The van der Waals surface area contributed by atoms with E-state index in [0.29, 0.717) is 5.41 Å². The molecular weight excluding hydrogens is 723 g/mol. The van der Waals surface area contributed by atoms with Gasteiger partial charge in [-0.2, -0.15) is 0 Å². The van der Waals surface area contributed by atoms with Gasteiger partial charge in [-0.3, -0.25) is 0 Å². The third kappa shape index (κ3) is 5.37. The Bertz CT molecular complexity index is 2850. The Kier molecular flexibility index (Phi) is 8.15. The van der Waals surface area contributed by atoms with Gasteiger partial charge in [-0.15, -0.1) is 0 Å². The standard InChI is InChI=1S/C59H51N/c1-39-14-9-12-22-51(39)53-33-44-16-10-11-17-45(44)34-56(53)60(49-26-24-46(25-27-49)58-36-41-30-42(37-58)32-43(31-41)38-58)50-28-29-52-55(35-50)59(47-18-5-3-6-19-47,48-20-7-4-8-21-48)54-23-13-15-40(2)57(52)54/h3-29,33-35,41-43H,30-32,36-38H2,1-2H3. The molecule has 1 nitrogen and oxygen atoms in total. The van der Waals surface area contributed by atoms with Crippen LogP contribution in [0.1, 0.15) is 77.5 Å². The van der Waals surface area contributed by atoms with Gasteiger partial charge < -0.3 is 4.90 Å². The van der Waals surface area contributed by atoms with E-state index in [2.05, 4.69) is 201 Å². The fraction of sp³-hybridized carbons (Fsp3) is 0.220. The largest absolute Gasteiger partial charge is 0.310 e. The Balaban J connectivity index is 1.12. The zero-order valence-electron chi connectivity index (χ0n) is 34.7. The minimum absolute atomic E-state index is 0.343. The normalized spacial score (nSPS) is 21.8. The van der Waals surface area contributed by atoms with Gasteiger partial charge in [0.1, 0.15) is 0 Å². The predicted octanol–water partition coefficient (Wildman–Crippen LogP) is 15.4. The van der Waals surface area contributed by atoms with Crippen LogP contribution in [0.15, 0.2) is 182 Å². The van der Waals surface area contributed by atoms with Gasteiger partial charge in [-0.1, -0.05) is 146 Å². The molecule has 0 atom stereocenters. The lowest BCUT2D eigenvalue weighted by Gasteiger charge is -2.57. The first-order chi connectivity index (χ1) is 29.5. The molecule has 0 unspecified atom stereocenters. The quantitative estimate of drug-likeness (QED) is 0.156. The first-order valence-corrected chi connectivity index (χ1v) is 22.3. The summed E-state index contributed by atoms with van der Waals surface area (Å²) in [4.78, 5) is 2.58. The second-order valence-electron chi connectivity index (χ2n) is 18.8. The molecule has 0 N–H and O–H groups in total. The molecule has 0 amide bonds. The first-order valence-electron chi connectivity index (χ1n) is 22.3. The summed E-state index contributed by atoms with van der Waals surface area (Å²) in [6, 6.07) is 69.3. The van der Waals surface area contributed by atoms with Crippen molar-refractivity contribution in [2.75, 3.05) is 4.90 Å². The molecule has 4 bridgehead atoms. The van der Waals surface area contributed by atoms with E-state index < -0.39 is 5.41 Å². The molecule has 0 radical (unpaired) electrons. The van der Waals surface area contributed by atoms with Gasteiger partial charge in [0.2, 0.25) is 0 Å². The number of nitrogens with zero attached hydrogens (tertiary/aromatic N) is 1. The number of anilines is 3. The molecule has 4 saturated carbocycles. The van der Waals surface area contributed by atoms with E-state index >= 15 is 0 Å². The molecule has 292 valence electrons. The second kappa shape index (κ2) is 13.7. The van der Waals surface area contributed by atoms with Crippen molar-refractivity contribution in [3.63, 3.8) is 0 Å². The molecule has 5 aliphatic carbocycles. The Hall–Kier alpha value is -6.18. The van der Waals surface area contributed by atoms with Gasteiger partial charge in [0, 0.05) is 16.9 Å². The van der Waals surface area contributed by atoms with E-state index in [9.17, 15) is 0 Å². The van der Waals surface area contributed by atoms with E-state index in [1.54, 1.807) is 5.56 Å². The molecular formula is C59H51N. The molecule has 0 saturated heterocycles. The Morgan fingerprint density at radius 3 is 1.63 bits per heavy atom. The van der Waals surface area contributed by atoms with E-state index in [0.717, 1.165) is 17.8 Å². The van der Waals surface area contributed by atoms with Crippen molar-refractivity contribution in [3.8, 4) is 22.3 Å². The number of benzene rings is 8. The van der Waals surface area contributed by atoms with Gasteiger partial charge in [-0.25, -0.2) is 0 Å². The van der Waals surface area contributed by atoms with Crippen LogP contribution in [0.4, 0.5) is 17.1 Å². The summed E-state index contributed by atoms with van der Waals surface area (Å²) in [5.41, 5.74) is 18.0. The molecule has 8 aromatic carbocycles. The maximum atomic E-state index is 2.58. The van der Waals surface area contributed by atoms with Crippen molar-refractivity contribution in [2.24, 2.45) is 17.8 Å². The van der Waals surface area contributed by atoms with Crippen molar-refractivity contribution < 1.29 is 0 Å². The average Bonchev–Trinajstić information content (AvgIpc) is 3.58. The van der Waals surface area contributed by atoms with Crippen LogP contribution >= 0.6 is 0 Å². The molecule has 0 aliphatic heterocycles. The van der Waals surface area contributed by atoms with Gasteiger partial charge >= 0.3 is 0 Å². The number of hydrogen-bond donors (Lipinski definition) is 0. The maximum absolute atomic E-state index is 2.58. The van der Waals surface area contributed by atoms with E-state index in [4.69, 9.17) is 0 Å². The fourth-order valence-corrected chi connectivity index (χ4v) is 13.2. The molecule has 0 aromatic heterocycles. The molecule has 0 heterocycles. The van der Waals surface area contributed by atoms with E-state index in [1.165, 1.54) is 122 Å². The SMILES string of the molecule is Cc1ccccc1-c1cc2ccccc2cc1N(c1ccc(C23CC4CC(CC(C4)C2)C3)cc1)c1ccc2c(c1)C(c1ccccc1)(c1ccccc1)c1cccc(C)c1-2. The zero-order chi connectivity index (χ0) is 40.0. The summed E-state index contributed by atoms with van der Waals surface area (Å²) in [6.07, 6.45) is 8.50. The third-order valence-corrected chi connectivity index (χ3v) is 15.3. The van der Waals surface area contributed by atoms with Crippen LogP contribution in [0, 0.1) is 31.6 Å². The van der Waals surface area contributed by atoms with Crippen LogP contribution in [-0.4, -0.2) is 0 Å². The minimum atomic E-state index is -0.495. The number of fused-ring (bicyclic) bond motifs is 4. The Morgan fingerprint density at radius 1 is 0.417 bits per heavy atom. The topological polar surface area (TPSA) is 3.24 Å². The summed E-state index contributed by atoms with van der Waals surface area (Å²) in [5.74, 6) is 2.74. The number of rotatable bonds is 7. The molecule has 8 aromatic rings. The van der Waals surface area contributed by atoms with Crippen molar-refractivity contribution in [1.82, 2.24) is 0 Å². The Morgan fingerprint density at radius 2 is 0.983 bits per heavy atom. The van der Waals surface area contributed by atoms with Crippen LogP contribution in [0.5, 0.6) is 0 Å². The second-order valence-corrected chi connectivity index (χ2v) is 18.8. The van der Waals surface area contributed by atoms with Crippen LogP contribution in [0.25, 0.3) is 33.0 Å².